The molecule has 0 radical (unpaired) electrons. The van der Waals surface area contributed by atoms with E-state index in [-0.39, 0.29) is 6.10 Å². The van der Waals surface area contributed by atoms with Gasteiger partial charge in [-0.3, -0.25) is 4.98 Å². The minimum Gasteiger partial charge on any atom is -0.383 e. The van der Waals surface area contributed by atoms with Gasteiger partial charge in [-0.05, 0) is 30.9 Å². The molecule has 3 heteroatoms. The molecule has 2 heterocycles. The van der Waals surface area contributed by atoms with E-state index in [4.69, 9.17) is 4.74 Å². The Morgan fingerprint density at radius 1 is 1.56 bits per heavy atom. The van der Waals surface area contributed by atoms with Crippen molar-refractivity contribution < 1.29 is 4.74 Å². The fraction of sp³-hybridized carbons (Fsp3) is 0.615. The van der Waals surface area contributed by atoms with Crippen molar-refractivity contribution in [2.75, 3.05) is 19.0 Å². The van der Waals surface area contributed by atoms with E-state index in [1.54, 1.807) is 7.11 Å². The number of pyridine rings is 1. The average molecular weight is 220 g/mol. The van der Waals surface area contributed by atoms with Gasteiger partial charge in [-0.2, -0.15) is 0 Å². The molecule has 0 saturated carbocycles. The summed E-state index contributed by atoms with van der Waals surface area (Å²) in [5.74, 6) is 0. The van der Waals surface area contributed by atoms with Gasteiger partial charge in [0.1, 0.15) is 6.10 Å². The van der Waals surface area contributed by atoms with Crippen LogP contribution in [0.2, 0.25) is 0 Å². The maximum atomic E-state index is 5.47. The fourth-order valence-electron chi connectivity index (χ4n) is 2.34. The summed E-state index contributed by atoms with van der Waals surface area (Å²) in [5, 5.41) is 3.45. The van der Waals surface area contributed by atoms with Crippen LogP contribution in [0.15, 0.2) is 6.20 Å². The Morgan fingerprint density at radius 2 is 2.38 bits per heavy atom. The number of rotatable bonds is 3. The van der Waals surface area contributed by atoms with Gasteiger partial charge < -0.3 is 10.1 Å². The van der Waals surface area contributed by atoms with Gasteiger partial charge in [0, 0.05) is 19.9 Å². The summed E-state index contributed by atoms with van der Waals surface area (Å²) >= 11 is 0. The summed E-state index contributed by atoms with van der Waals surface area (Å²) in [6, 6.07) is 0. The summed E-state index contributed by atoms with van der Waals surface area (Å²) in [7, 11) is 1.76. The highest BCUT2D eigenvalue weighted by atomic mass is 16.5. The number of nitrogens with one attached hydrogen (secondary N) is 1. The van der Waals surface area contributed by atoms with E-state index in [0.717, 1.165) is 31.5 Å². The number of aryl methyl sites for hydroxylation is 1. The van der Waals surface area contributed by atoms with Gasteiger partial charge in [-0.1, -0.05) is 13.3 Å². The summed E-state index contributed by atoms with van der Waals surface area (Å²) in [4.78, 5) is 4.56. The van der Waals surface area contributed by atoms with Crippen LogP contribution in [0.25, 0.3) is 0 Å². The molecule has 0 saturated heterocycles. The van der Waals surface area contributed by atoms with Crippen molar-refractivity contribution in [3.05, 3.63) is 23.0 Å². The van der Waals surface area contributed by atoms with E-state index in [2.05, 4.69) is 24.1 Å². The molecular weight excluding hydrogens is 200 g/mol. The fourth-order valence-corrected chi connectivity index (χ4v) is 2.34. The zero-order chi connectivity index (χ0) is 11.5. The number of aromatic nitrogens is 1. The highest BCUT2D eigenvalue weighted by Crippen LogP contribution is 2.34. The van der Waals surface area contributed by atoms with E-state index in [1.165, 1.54) is 16.8 Å². The van der Waals surface area contributed by atoms with E-state index in [9.17, 15) is 0 Å². The summed E-state index contributed by atoms with van der Waals surface area (Å²) in [5.41, 5.74) is 4.97. The Kier molecular flexibility index (Phi) is 3.44. The number of fused-ring (bicyclic) bond motifs is 1. The second kappa shape index (κ2) is 4.83. The number of anilines is 1. The second-order valence-corrected chi connectivity index (χ2v) is 4.36. The van der Waals surface area contributed by atoms with Crippen molar-refractivity contribution in [3.8, 4) is 0 Å². The highest BCUT2D eigenvalue weighted by molar-refractivity contribution is 5.59. The van der Waals surface area contributed by atoms with Crippen molar-refractivity contribution in [2.45, 2.75) is 39.2 Å². The third-order valence-corrected chi connectivity index (χ3v) is 3.29. The molecule has 1 aromatic rings. The molecule has 88 valence electrons. The molecule has 0 aliphatic carbocycles. The molecule has 2 rings (SSSR count). The first-order valence-electron chi connectivity index (χ1n) is 6.03. The van der Waals surface area contributed by atoms with Gasteiger partial charge in [0.2, 0.25) is 0 Å². The molecule has 1 N–H and O–H groups in total. The normalized spacial score (nSPS) is 19.1. The first-order chi connectivity index (χ1) is 7.77. The van der Waals surface area contributed by atoms with E-state index < -0.39 is 0 Å². The topological polar surface area (TPSA) is 34.2 Å². The van der Waals surface area contributed by atoms with Gasteiger partial charge in [0.05, 0.1) is 11.4 Å². The Balaban J connectivity index is 2.40. The molecule has 3 nitrogen and oxygen atoms in total. The lowest BCUT2D eigenvalue weighted by Crippen LogP contribution is -2.21. The minimum absolute atomic E-state index is 0.158. The summed E-state index contributed by atoms with van der Waals surface area (Å²) in [6.45, 7) is 5.35. The number of hydrogen-bond donors (Lipinski definition) is 1. The van der Waals surface area contributed by atoms with Crippen LogP contribution in [0, 0.1) is 6.92 Å². The lowest BCUT2D eigenvalue weighted by Gasteiger charge is -2.27. The molecule has 1 aliphatic rings. The van der Waals surface area contributed by atoms with E-state index >= 15 is 0 Å². The molecule has 0 fully saturated rings. The molecule has 1 unspecified atom stereocenters. The molecule has 1 aliphatic heterocycles. The number of hydrogen-bond acceptors (Lipinski definition) is 3. The molecule has 0 amide bonds. The van der Waals surface area contributed by atoms with Gasteiger partial charge in [0.25, 0.3) is 0 Å². The van der Waals surface area contributed by atoms with Crippen LogP contribution in [0.1, 0.15) is 42.7 Å². The molecule has 1 aromatic heterocycles. The van der Waals surface area contributed by atoms with Crippen molar-refractivity contribution in [3.63, 3.8) is 0 Å². The highest BCUT2D eigenvalue weighted by Gasteiger charge is 2.23. The molecular formula is C13H20N2O. The summed E-state index contributed by atoms with van der Waals surface area (Å²) < 4.78 is 5.47. The average Bonchev–Trinajstić information content (AvgIpc) is 2.32. The number of nitrogens with zero attached hydrogens (tertiary/aromatic N) is 1. The quantitative estimate of drug-likeness (QED) is 0.850. The molecule has 16 heavy (non-hydrogen) atoms. The predicted molar refractivity (Wildman–Crippen MR) is 65.8 cm³/mol. The third-order valence-electron chi connectivity index (χ3n) is 3.29. The van der Waals surface area contributed by atoms with Crippen LogP contribution in [0.4, 0.5) is 5.69 Å². The maximum Gasteiger partial charge on any atom is 0.103 e. The minimum atomic E-state index is 0.158. The molecule has 1 atom stereocenters. The first-order valence-corrected chi connectivity index (χ1v) is 6.03. The van der Waals surface area contributed by atoms with Crippen LogP contribution in [-0.2, 0) is 11.2 Å². The predicted octanol–water partition coefficient (Wildman–Crippen LogP) is 2.85. The van der Waals surface area contributed by atoms with Crippen LogP contribution in [0.5, 0.6) is 0 Å². The zero-order valence-electron chi connectivity index (χ0n) is 10.3. The Bertz CT molecular complexity index is 376. The Hall–Kier alpha value is -1.09. The molecule has 0 bridgehead atoms. The maximum absolute atomic E-state index is 5.47. The van der Waals surface area contributed by atoms with Crippen LogP contribution < -0.4 is 5.32 Å². The number of methoxy groups -OCH3 is 1. The van der Waals surface area contributed by atoms with Gasteiger partial charge >= 0.3 is 0 Å². The largest absolute Gasteiger partial charge is 0.383 e. The van der Waals surface area contributed by atoms with Gasteiger partial charge in [0.15, 0.2) is 0 Å². The zero-order valence-corrected chi connectivity index (χ0v) is 10.3. The van der Waals surface area contributed by atoms with Crippen LogP contribution >= 0.6 is 0 Å². The standard InChI is InChI=1S/C13H20N2O/c1-4-5-10-8-15-13-11(16-3)6-7-14-12(13)9(10)2/h8,11,14H,4-7H2,1-3H3. The smallest absolute Gasteiger partial charge is 0.103 e. The second-order valence-electron chi connectivity index (χ2n) is 4.36. The van der Waals surface area contributed by atoms with Crippen molar-refractivity contribution in [1.82, 2.24) is 4.98 Å². The Labute approximate surface area is 97.2 Å². The summed E-state index contributed by atoms with van der Waals surface area (Å²) in [6.07, 6.45) is 5.44. The Morgan fingerprint density at radius 3 is 3.06 bits per heavy atom. The van der Waals surface area contributed by atoms with Crippen molar-refractivity contribution >= 4 is 5.69 Å². The van der Waals surface area contributed by atoms with Crippen LogP contribution in [-0.4, -0.2) is 18.6 Å². The number of ether oxygens (including phenoxy) is 1. The van der Waals surface area contributed by atoms with Crippen molar-refractivity contribution in [1.29, 1.82) is 0 Å². The lowest BCUT2D eigenvalue weighted by atomic mass is 9.98. The monoisotopic (exact) mass is 220 g/mol. The molecule has 0 spiro atoms. The van der Waals surface area contributed by atoms with Gasteiger partial charge in [-0.15, -0.1) is 0 Å². The van der Waals surface area contributed by atoms with E-state index in [1.807, 2.05) is 6.20 Å². The van der Waals surface area contributed by atoms with Crippen LogP contribution in [0.3, 0.4) is 0 Å². The third kappa shape index (κ3) is 1.92. The SMILES string of the molecule is CCCc1cnc2c(c1C)NCCC2OC. The lowest BCUT2D eigenvalue weighted by molar-refractivity contribution is 0.0928. The van der Waals surface area contributed by atoms with Crippen molar-refractivity contribution in [2.24, 2.45) is 0 Å². The van der Waals surface area contributed by atoms with Gasteiger partial charge in [-0.25, -0.2) is 0 Å². The molecule has 0 aromatic carbocycles. The van der Waals surface area contributed by atoms with E-state index in [0.29, 0.717) is 0 Å². The first kappa shape index (κ1) is 11.4.